The van der Waals surface area contributed by atoms with Crippen LogP contribution in [0.5, 0.6) is 0 Å². The van der Waals surface area contributed by atoms with Gasteiger partial charge in [0.1, 0.15) is 10.8 Å². The Kier molecular flexibility index (Phi) is 4.54. The molecule has 0 N–H and O–H groups in total. The quantitative estimate of drug-likeness (QED) is 0.858. The SMILES string of the molecule is CC(c1nccs1)N1CCN(c2nccc(N(C)C)n2)CC1. The van der Waals surface area contributed by atoms with Gasteiger partial charge in [0, 0.05) is 58.0 Å². The van der Waals surface area contributed by atoms with Gasteiger partial charge >= 0.3 is 0 Å². The maximum Gasteiger partial charge on any atom is 0.227 e. The van der Waals surface area contributed by atoms with Crippen LogP contribution in [0.2, 0.25) is 0 Å². The van der Waals surface area contributed by atoms with Crippen molar-refractivity contribution in [1.82, 2.24) is 19.9 Å². The summed E-state index contributed by atoms with van der Waals surface area (Å²) in [5.41, 5.74) is 0. The molecule has 1 unspecified atom stereocenters. The summed E-state index contributed by atoms with van der Waals surface area (Å²) < 4.78 is 0. The lowest BCUT2D eigenvalue weighted by atomic mass is 10.2. The number of aromatic nitrogens is 3. The van der Waals surface area contributed by atoms with Gasteiger partial charge in [0.25, 0.3) is 0 Å². The highest BCUT2D eigenvalue weighted by molar-refractivity contribution is 7.09. The Morgan fingerprint density at radius 2 is 1.91 bits per heavy atom. The summed E-state index contributed by atoms with van der Waals surface area (Å²) in [4.78, 5) is 20.2. The number of anilines is 2. The lowest BCUT2D eigenvalue weighted by Gasteiger charge is -2.37. The molecule has 0 aliphatic carbocycles. The van der Waals surface area contributed by atoms with E-state index >= 15 is 0 Å². The van der Waals surface area contributed by atoms with E-state index in [1.165, 1.54) is 5.01 Å². The van der Waals surface area contributed by atoms with Gasteiger partial charge in [-0.2, -0.15) is 4.98 Å². The van der Waals surface area contributed by atoms with E-state index in [0.29, 0.717) is 6.04 Å². The highest BCUT2D eigenvalue weighted by Gasteiger charge is 2.24. The van der Waals surface area contributed by atoms with Crippen molar-refractivity contribution in [3.05, 3.63) is 28.8 Å². The molecular weight excluding hydrogens is 296 g/mol. The number of hydrogen-bond donors (Lipinski definition) is 0. The monoisotopic (exact) mass is 318 g/mol. The summed E-state index contributed by atoms with van der Waals surface area (Å²) in [6.07, 6.45) is 3.72. The van der Waals surface area contributed by atoms with Crippen molar-refractivity contribution >= 4 is 23.1 Å². The molecule has 0 radical (unpaired) electrons. The van der Waals surface area contributed by atoms with E-state index in [1.54, 1.807) is 11.3 Å². The van der Waals surface area contributed by atoms with Crippen molar-refractivity contribution in [2.75, 3.05) is 50.1 Å². The average molecular weight is 318 g/mol. The summed E-state index contributed by atoms with van der Waals surface area (Å²) >= 11 is 1.73. The summed E-state index contributed by atoms with van der Waals surface area (Å²) in [7, 11) is 4.00. The van der Waals surface area contributed by atoms with E-state index in [2.05, 4.69) is 31.7 Å². The maximum absolute atomic E-state index is 4.63. The van der Waals surface area contributed by atoms with Gasteiger partial charge in [0.15, 0.2) is 0 Å². The number of thiazole rings is 1. The first-order valence-corrected chi connectivity index (χ1v) is 8.42. The molecule has 7 heteroatoms. The van der Waals surface area contributed by atoms with Crippen molar-refractivity contribution in [1.29, 1.82) is 0 Å². The lowest BCUT2D eigenvalue weighted by molar-refractivity contribution is 0.197. The molecule has 0 amide bonds. The second kappa shape index (κ2) is 6.58. The summed E-state index contributed by atoms with van der Waals surface area (Å²) in [6.45, 7) is 6.16. The summed E-state index contributed by atoms with van der Waals surface area (Å²) in [6, 6.07) is 2.32. The minimum Gasteiger partial charge on any atom is -0.363 e. The van der Waals surface area contributed by atoms with Gasteiger partial charge in [0.05, 0.1) is 6.04 Å². The molecule has 3 heterocycles. The normalized spacial score (nSPS) is 17.5. The fourth-order valence-corrected chi connectivity index (χ4v) is 3.38. The third-order valence-electron chi connectivity index (χ3n) is 4.04. The molecule has 0 aromatic carbocycles. The lowest BCUT2D eigenvalue weighted by Crippen LogP contribution is -2.47. The van der Waals surface area contributed by atoms with E-state index < -0.39 is 0 Å². The van der Waals surface area contributed by atoms with Crippen molar-refractivity contribution in [3.8, 4) is 0 Å². The van der Waals surface area contributed by atoms with Gasteiger partial charge in [-0.1, -0.05) is 0 Å². The first-order chi connectivity index (χ1) is 10.6. The predicted octanol–water partition coefficient (Wildman–Crippen LogP) is 1.88. The Bertz CT molecular complexity index is 592. The smallest absolute Gasteiger partial charge is 0.227 e. The molecule has 22 heavy (non-hydrogen) atoms. The molecule has 1 aliphatic rings. The zero-order chi connectivity index (χ0) is 15.5. The van der Waals surface area contributed by atoms with Crippen LogP contribution in [0.15, 0.2) is 23.8 Å². The van der Waals surface area contributed by atoms with Crippen LogP contribution in [0.25, 0.3) is 0 Å². The molecule has 3 rings (SSSR count). The molecule has 6 nitrogen and oxygen atoms in total. The Labute approximate surface area is 135 Å². The van der Waals surface area contributed by atoms with Gasteiger partial charge in [-0.15, -0.1) is 11.3 Å². The van der Waals surface area contributed by atoms with Gasteiger partial charge in [-0.3, -0.25) is 4.90 Å². The zero-order valence-electron chi connectivity index (χ0n) is 13.3. The van der Waals surface area contributed by atoms with Crippen LogP contribution in [-0.4, -0.2) is 60.1 Å². The van der Waals surface area contributed by atoms with Crippen LogP contribution in [0.3, 0.4) is 0 Å². The number of piperazine rings is 1. The topological polar surface area (TPSA) is 48.4 Å². The van der Waals surface area contributed by atoms with E-state index in [9.17, 15) is 0 Å². The first-order valence-electron chi connectivity index (χ1n) is 7.54. The Morgan fingerprint density at radius 1 is 1.14 bits per heavy atom. The minimum absolute atomic E-state index is 0.385. The third kappa shape index (κ3) is 3.20. The van der Waals surface area contributed by atoms with Gasteiger partial charge in [-0.05, 0) is 13.0 Å². The van der Waals surface area contributed by atoms with Crippen molar-refractivity contribution in [3.63, 3.8) is 0 Å². The highest BCUT2D eigenvalue weighted by Crippen LogP contribution is 2.24. The summed E-state index contributed by atoms with van der Waals surface area (Å²) in [5.74, 6) is 1.77. The van der Waals surface area contributed by atoms with E-state index in [4.69, 9.17) is 0 Å². The Hall–Kier alpha value is -1.73. The molecule has 1 atom stereocenters. The van der Waals surface area contributed by atoms with Crippen molar-refractivity contribution in [2.45, 2.75) is 13.0 Å². The predicted molar refractivity (Wildman–Crippen MR) is 90.7 cm³/mol. The molecule has 118 valence electrons. The largest absolute Gasteiger partial charge is 0.363 e. The van der Waals surface area contributed by atoms with Crippen LogP contribution in [0.1, 0.15) is 18.0 Å². The molecule has 1 saturated heterocycles. The van der Waals surface area contributed by atoms with Crippen LogP contribution in [-0.2, 0) is 0 Å². The fourth-order valence-electron chi connectivity index (χ4n) is 2.65. The molecule has 2 aromatic heterocycles. The highest BCUT2D eigenvalue weighted by atomic mass is 32.1. The van der Waals surface area contributed by atoms with Crippen LogP contribution in [0.4, 0.5) is 11.8 Å². The minimum atomic E-state index is 0.385. The van der Waals surface area contributed by atoms with Crippen LogP contribution >= 0.6 is 11.3 Å². The number of nitrogens with zero attached hydrogens (tertiary/aromatic N) is 6. The second-order valence-corrected chi connectivity index (χ2v) is 6.60. The van der Waals surface area contributed by atoms with Gasteiger partial charge < -0.3 is 9.80 Å². The molecule has 1 fully saturated rings. The summed E-state index contributed by atoms with van der Waals surface area (Å²) in [5, 5.41) is 3.24. The molecule has 1 aliphatic heterocycles. The van der Waals surface area contributed by atoms with E-state index in [-0.39, 0.29) is 0 Å². The molecule has 0 spiro atoms. The molecule has 0 saturated carbocycles. The third-order valence-corrected chi connectivity index (χ3v) is 4.99. The van der Waals surface area contributed by atoms with Crippen molar-refractivity contribution in [2.24, 2.45) is 0 Å². The second-order valence-electron chi connectivity index (χ2n) is 5.68. The van der Waals surface area contributed by atoms with E-state index in [1.807, 2.05) is 42.8 Å². The average Bonchev–Trinajstić information content (AvgIpc) is 3.09. The van der Waals surface area contributed by atoms with Crippen LogP contribution < -0.4 is 9.80 Å². The van der Waals surface area contributed by atoms with Gasteiger partial charge in [-0.25, -0.2) is 9.97 Å². The number of rotatable bonds is 4. The Morgan fingerprint density at radius 3 is 2.55 bits per heavy atom. The van der Waals surface area contributed by atoms with E-state index in [0.717, 1.165) is 37.9 Å². The fraction of sp³-hybridized carbons (Fsp3) is 0.533. The molecule has 0 bridgehead atoms. The Balaban J connectivity index is 1.63. The van der Waals surface area contributed by atoms with Crippen LogP contribution in [0, 0.1) is 0 Å². The maximum atomic E-state index is 4.63. The van der Waals surface area contributed by atoms with Crippen molar-refractivity contribution < 1.29 is 0 Å². The standard InChI is InChI=1S/C15H22N6S/c1-12(14-16-6-11-22-14)20-7-9-21(10-8-20)15-17-5-4-13(18-15)19(2)3/h4-6,11-12H,7-10H2,1-3H3. The molecule has 2 aromatic rings. The zero-order valence-corrected chi connectivity index (χ0v) is 14.1. The number of hydrogen-bond acceptors (Lipinski definition) is 7. The van der Waals surface area contributed by atoms with Gasteiger partial charge in [0.2, 0.25) is 5.95 Å². The molecular formula is C15H22N6S. The first kappa shape index (κ1) is 15.2.